The molecular weight excluding hydrogens is 496 g/mol. The predicted octanol–water partition coefficient (Wildman–Crippen LogP) is 5.32. The van der Waals surface area contributed by atoms with Crippen LogP contribution in [0.3, 0.4) is 0 Å². The molecule has 0 radical (unpaired) electrons. The molecule has 0 bridgehead atoms. The predicted molar refractivity (Wildman–Crippen MR) is 113 cm³/mol. The van der Waals surface area contributed by atoms with E-state index in [0.717, 1.165) is 21.1 Å². The molecule has 2 rings (SSSR count). The van der Waals surface area contributed by atoms with Gasteiger partial charge in [0.1, 0.15) is 22.3 Å². The van der Waals surface area contributed by atoms with Crippen LogP contribution in [0.4, 0.5) is 0 Å². The molecule has 1 amide bonds. The number of hydrogen-bond donors (Lipinski definition) is 1. The quantitative estimate of drug-likeness (QED) is 0.179. The number of thiophene rings is 1. The lowest BCUT2D eigenvalue weighted by Gasteiger charge is -2.04. The van der Waals surface area contributed by atoms with Gasteiger partial charge in [-0.25, -0.2) is 4.79 Å². The Balaban J connectivity index is 2.04. The monoisotopic (exact) mass is 510 g/mol. The Labute approximate surface area is 178 Å². The SMILES string of the molecule is CCCCNC(=O)/C(C#N)=C/c1ccc(OC(=O)c2cc(Br)c(Br)s2)cc1. The van der Waals surface area contributed by atoms with Gasteiger partial charge in [0.2, 0.25) is 0 Å². The first-order valence-corrected chi connectivity index (χ1v) is 10.5. The van der Waals surface area contributed by atoms with Crippen LogP contribution in [0.5, 0.6) is 5.75 Å². The standard InChI is InChI=1S/C19H16Br2N2O3S/c1-2-3-8-23-18(24)13(11-22)9-12-4-6-14(7-5-12)26-19(25)16-10-15(20)17(21)27-16/h4-7,9-10H,2-3,8H2,1H3,(H,23,24)/b13-9+. The fourth-order valence-corrected chi connectivity index (χ4v) is 3.94. The maximum atomic E-state index is 12.1. The van der Waals surface area contributed by atoms with Crippen LogP contribution < -0.4 is 10.1 Å². The van der Waals surface area contributed by atoms with Gasteiger partial charge in [0, 0.05) is 11.0 Å². The summed E-state index contributed by atoms with van der Waals surface area (Å²) in [6.07, 6.45) is 3.33. The lowest BCUT2D eigenvalue weighted by atomic mass is 10.1. The second kappa shape index (κ2) is 10.4. The van der Waals surface area contributed by atoms with Crippen molar-refractivity contribution in [1.82, 2.24) is 5.32 Å². The van der Waals surface area contributed by atoms with E-state index in [0.29, 0.717) is 22.7 Å². The van der Waals surface area contributed by atoms with E-state index >= 15 is 0 Å². The van der Waals surface area contributed by atoms with Gasteiger partial charge < -0.3 is 10.1 Å². The molecule has 5 nitrogen and oxygen atoms in total. The maximum absolute atomic E-state index is 12.1. The van der Waals surface area contributed by atoms with Crippen LogP contribution in [0.15, 0.2) is 44.2 Å². The molecule has 1 aromatic heterocycles. The van der Waals surface area contributed by atoms with Crippen LogP contribution in [0, 0.1) is 11.3 Å². The summed E-state index contributed by atoms with van der Waals surface area (Å²) < 4.78 is 6.94. The average molecular weight is 512 g/mol. The second-order valence-electron chi connectivity index (χ2n) is 5.47. The van der Waals surface area contributed by atoms with E-state index < -0.39 is 11.9 Å². The van der Waals surface area contributed by atoms with Gasteiger partial charge >= 0.3 is 5.97 Å². The Morgan fingerprint density at radius 3 is 2.56 bits per heavy atom. The molecule has 0 aliphatic rings. The van der Waals surface area contributed by atoms with E-state index in [2.05, 4.69) is 37.2 Å². The minimum absolute atomic E-state index is 0.0316. The third kappa shape index (κ3) is 6.31. The maximum Gasteiger partial charge on any atom is 0.353 e. The van der Waals surface area contributed by atoms with Crippen LogP contribution in [0.2, 0.25) is 0 Å². The molecule has 2 aromatic rings. The first kappa shape index (κ1) is 21.4. The fourth-order valence-electron chi connectivity index (χ4n) is 2.03. The lowest BCUT2D eigenvalue weighted by molar-refractivity contribution is -0.117. The van der Waals surface area contributed by atoms with Crippen molar-refractivity contribution in [1.29, 1.82) is 5.26 Å². The van der Waals surface area contributed by atoms with Crippen molar-refractivity contribution >= 4 is 61.1 Å². The molecule has 0 aliphatic carbocycles. The van der Waals surface area contributed by atoms with Crippen LogP contribution in [0.25, 0.3) is 6.08 Å². The fraction of sp³-hybridized carbons (Fsp3) is 0.211. The van der Waals surface area contributed by atoms with Crippen molar-refractivity contribution in [2.24, 2.45) is 0 Å². The third-order valence-electron chi connectivity index (χ3n) is 3.43. The highest BCUT2D eigenvalue weighted by Crippen LogP contribution is 2.33. The highest BCUT2D eigenvalue weighted by atomic mass is 79.9. The number of halogens is 2. The van der Waals surface area contributed by atoms with Crippen molar-refractivity contribution in [2.45, 2.75) is 19.8 Å². The molecule has 0 unspecified atom stereocenters. The number of carbonyl (C=O) groups excluding carboxylic acids is 2. The zero-order valence-corrected chi connectivity index (χ0v) is 18.4. The molecule has 0 spiro atoms. The molecule has 140 valence electrons. The second-order valence-corrected chi connectivity index (χ2v) is 8.69. The summed E-state index contributed by atoms with van der Waals surface area (Å²) in [7, 11) is 0. The molecule has 0 saturated carbocycles. The van der Waals surface area contributed by atoms with Gasteiger partial charge in [0.25, 0.3) is 5.91 Å². The zero-order valence-electron chi connectivity index (χ0n) is 14.4. The summed E-state index contributed by atoms with van der Waals surface area (Å²) in [5.41, 5.74) is 0.697. The summed E-state index contributed by atoms with van der Waals surface area (Å²) in [6.45, 7) is 2.57. The summed E-state index contributed by atoms with van der Waals surface area (Å²) in [4.78, 5) is 24.6. The number of nitriles is 1. The number of ether oxygens (including phenoxy) is 1. The van der Waals surface area contributed by atoms with Crippen molar-refractivity contribution in [3.05, 3.63) is 54.6 Å². The van der Waals surface area contributed by atoms with Crippen LogP contribution in [-0.2, 0) is 4.79 Å². The average Bonchev–Trinajstić information content (AvgIpc) is 3.00. The zero-order chi connectivity index (χ0) is 19.8. The molecule has 8 heteroatoms. The summed E-state index contributed by atoms with van der Waals surface area (Å²) in [6, 6.07) is 10.2. The van der Waals surface area contributed by atoms with Gasteiger partial charge in [-0.2, -0.15) is 5.26 Å². The molecule has 0 aliphatic heterocycles. The Hall–Kier alpha value is -1.95. The molecule has 27 heavy (non-hydrogen) atoms. The van der Waals surface area contributed by atoms with Gasteiger partial charge in [-0.1, -0.05) is 25.5 Å². The van der Waals surface area contributed by atoms with Crippen LogP contribution >= 0.6 is 43.2 Å². The van der Waals surface area contributed by atoms with Crippen molar-refractivity contribution in [3.63, 3.8) is 0 Å². The Morgan fingerprint density at radius 2 is 2.00 bits per heavy atom. The first-order valence-electron chi connectivity index (χ1n) is 8.11. The van der Waals surface area contributed by atoms with E-state index in [1.54, 1.807) is 30.3 Å². The number of hydrogen-bond acceptors (Lipinski definition) is 5. The van der Waals surface area contributed by atoms with Crippen LogP contribution in [0.1, 0.15) is 35.0 Å². The summed E-state index contributed by atoms with van der Waals surface area (Å²) in [5.74, 6) is -0.471. The number of nitrogens with one attached hydrogen (secondary N) is 1. The van der Waals surface area contributed by atoms with E-state index in [9.17, 15) is 14.9 Å². The first-order chi connectivity index (χ1) is 12.9. The van der Waals surface area contributed by atoms with Gasteiger partial charge in [-0.3, -0.25) is 4.79 Å². The van der Waals surface area contributed by atoms with E-state index in [4.69, 9.17) is 4.74 Å². The number of amides is 1. The highest BCUT2D eigenvalue weighted by Gasteiger charge is 2.14. The largest absolute Gasteiger partial charge is 0.422 e. The van der Waals surface area contributed by atoms with Gasteiger partial charge in [0.05, 0.1) is 3.79 Å². The molecule has 1 N–H and O–H groups in total. The number of rotatable bonds is 7. The van der Waals surface area contributed by atoms with E-state index in [1.807, 2.05) is 13.0 Å². The summed E-state index contributed by atoms with van der Waals surface area (Å²) >= 11 is 7.94. The van der Waals surface area contributed by atoms with Gasteiger partial charge in [0.15, 0.2) is 0 Å². The molecule has 1 aromatic carbocycles. The molecule has 1 heterocycles. The topological polar surface area (TPSA) is 79.2 Å². The minimum Gasteiger partial charge on any atom is -0.422 e. The minimum atomic E-state index is -0.456. The lowest BCUT2D eigenvalue weighted by Crippen LogP contribution is -2.25. The molecular formula is C19H16Br2N2O3S. The smallest absolute Gasteiger partial charge is 0.353 e. The number of benzene rings is 1. The highest BCUT2D eigenvalue weighted by molar-refractivity contribution is 9.13. The molecule has 0 saturated heterocycles. The van der Waals surface area contributed by atoms with Gasteiger partial charge in [-0.05, 0) is 68.1 Å². The van der Waals surface area contributed by atoms with Crippen molar-refractivity contribution < 1.29 is 14.3 Å². The van der Waals surface area contributed by atoms with E-state index in [1.165, 1.54) is 17.4 Å². The van der Waals surface area contributed by atoms with E-state index in [-0.39, 0.29) is 5.57 Å². The summed E-state index contributed by atoms with van der Waals surface area (Å²) in [5, 5.41) is 11.9. The van der Waals surface area contributed by atoms with Gasteiger partial charge in [-0.15, -0.1) is 11.3 Å². The number of carbonyl (C=O) groups is 2. The van der Waals surface area contributed by atoms with Crippen LogP contribution in [-0.4, -0.2) is 18.4 Å². The number of esters is 1. The Bertz CT molecular complexity index is 879. The Kier molecular flexibility index (Phi) is 8.23. The Morgan fingerprint density at radius 1 is 1.30 bits per heavy atom. The number of unbranched alkanes of at least 4 members (excludes halogenated alkanes) is 1. The third-order valence-corrected chi connectivity index (χ3v) is 6.67. The van der Waals surface area contributed by atoms with Crippen molar-refractivity contribution in [2.75, 3.05) is 6.54 Å². The van der Waals surface area contributed by atoms with Crippen molar-refractivity contribution in [3.8, 4) is 11.8 Å². The number of nitrogens with zero attached hydrogens (tertiary/aromatic N) is 1. The normalized spacial score (nSPS) is 11.0. The molecule has 0 atom stereocenters. The molecule has 0 fully saturated rings.